The molecule has 1 aromatic rings. The third kappa shape index (κ3) is 3.30. The van der Waals surface area contributed by atoms with Gasteiger partial charge in [-0.05, 0) is 50.6 Å². The summed E-state index contributed by atoms with van der Waals surface area (Å²) < 4.78 is 0. The van der Waals surface area contributed by atoms with Crippen molar-refractivity contribution in [3.8, 4) is 0 Å². The van der Waals surface area contributed by atoms with Gasteiger partial charge in [0, 0.05) is 17.5 Å². The van der Waals surface area contributed by atoms with Gasteiger partial charge in [-0.3, -0.25) is 9.69 Å². The molecule has 1 atom stereocenters. The molecule has 0 aromatic heterocycles. The van der Waals surface area contributed by atoms with Crippen molar-refractivity contribution in [2.45, 2.75) is 32.2 Å². The highest BCUT2D eigenvalue weighted by Gasteiger charge is 2.24. The first-order valence-electron chi connectivity index (χ1n) is 6.16. The van der Waals surface area contributed by atoms with E-state index in [4.69, 9.17) is 11.6 Å². The molecule has 2 rings (SSSR count). The maximum absolute atomic E-state index is 11.4. The molecule has 0 spiro atoms. The van der Waals surface area contributed by atoms with Crippen molar-refractivity contribution in [3.05, 3.63) is 34.9 Å². The predicted molar refractivity (Wildman–Crippen MR) is 70.3 cm³/mol. The Morgan fingerprint density at radius 2 is 1.88 bits per heavy atom. The Morgan fingerprint density at radius 3 is 2.41 bits per heavy atom. The smallest absolute Gasteiger partial charge is 0.131 e. The number of likely N-dealkylation sites (tertiary alicyclic amines) is 1. The largest absolute Gasteiger partial charge is 0.300 e. The zero-order chi connectivity index (χ0) is 12.3. The van der Waals surface area contributed by atoms with Crippen LogP contribution in [0.4, 0.5) is 0 Å². The molecule has 3 heteroatoms. The molecule has 92 valence electrons. The molecular formula is C14H18ClNO. The number of Topliss-reactive ketones (excluding diaryl/α,β-unsaturated/α-hetero) is 1. The Balaban J connectivity index is 2.19. The molecule has 1 aliphatic rings. The maximum Gasteiger partial charge on any atom is 0.131 e. The van der Waals surface area contributed by atoms with Gasteiger partial charge in [0.1, 0.15) is 5.78 Å². The highest BCUT2D eigenvalue weighted by molar-refractivity contribution is 6.30. The summed E-state index contributed by atoms with van der Waals surface area (Å²) in [5.41, 5.74) is 1.20. The second-order valence-corrected chi connectivity index (χ2v) is 5.15. The quantitative estimate of drug-likeness (QED) is 0.817. The fourth-order valence-corrected chi connectivity index (χ4v) is 2.59. The summed E-state index contributed by atoms with van der Waals surface area (Å²) in [5.74, 6) is 0.247. The molecule has 0 amide bonds. The van der Waals surface area contributed by atoms with Gasteiger partial charge in [0.15, 0.2) is 0 Å². The lowest BCUT2D eigenvalue weighted by molar-refractivity contribution is -0.118. The van der Waals surface area contributed by atoms with E-state index in [-0.39, 0.29) is 11.8 Å². The van der Waals surface area contributed by atoms with Crippen LogP contribution >= 0.6 is 11.6 Å². The summed E-state index contributed by atoms with van der Waals surface area (Å²) in [4.78, 5) is 13.8. The molecule has 1 unspecified atom stereocenters. The second-order valence-electron chi connectivity index (χ2n) is 4.72. The van der Waals surface area contributed by atoms with Crippen LogP contribution in [0.2, 0.25) is 5.02 Å². The van der Waals surface area contributed by atoms with E-state index in [0.29, 0.717) is 6.42 Å². The van der Waals surface area contributed by atoms with Gasteiger partial charge in [-0.2, -0.15) is 0 Å². The molecule has 0 N–H and O–H groups in total. The molecule has 1 aliphatic heterocycles. The van der Waals surface area contributed by atoms with Crippen molar-refractivity contribution in [2.75, 3.05) is 13.1 Å². The van der Waals surface area contributed by atoms with Crippen molar-refractivity contribution < 1.29 is 4.79 Å². The molecule has 1 saturated heterocycles. The minimum absolute atomic E-state index is 0.229. The molecule has 2 nitrogen and oxygen atoms in total. The van der Waals surface area contributed by atoms with Crippen LogP contribution in [0, 0.1) is 0 Å². The summed E-state index contributed by atoms with van der Waals surface area (Å²) in [5, 5.41) is 0.747. The molecule has 1 aromatic carbocycles. The average Bonchev–Trinajstić information content (AvgIpc) is 2.80. The summed E-state index contributed by atoms with van der Waals surface area (Å²) >= 11 is 5.90. The molecular weight excluding hydrogens is 234 g/mol. The number of hydrogen-bond donors (Lipinski definition) is 0. The molecule has 0 bridgehead atoms. The highest BCUT2D eigenvalue weighted by atomic mass is 35.5. The van der Waals surface area contributed by atoms with E-state index in [0.717, 1.165) is 18.1 Å². The van der Waals surface area contributed by atoms with Crippen molar-refractivity contribution in [2.24, 2.45) is 0 Å². The maximum atomic E-state index is 11.4. The molecule has 0 aliphatic carbocycles. The first kappa shape index (κ1) is 12.6. The monoisotopic (exact) mass is 251 g/mol. The first-order valence-corrected chi connectivity index (χ1v) is 6.53. The summed E-state index contributed by atoms with van der Waals surface area (Å²) in [7, 11) is 0. The predicted octanol–water partition coefficient (Wildman–Crippen LogP) is 3.46. The normalized spacial score (nSPS) is 18.2. The number of hydrogen-bond acceptors (Lipinski definition) is 2. The summed E-state index contributed by atoms with van der Waals surface area (Å²) in [6.45, 7) is 3.86. The lowest BCUT2D eigenvalue weighted by Gasteiger charge is -2.27. The van der Waals surface area contributed by atoms with Crippen LogP contribution in [0.3, 0.4) is 0 Å². The fourth-order valence-electron chi connectivity index (χ4n) is 2.47. The lowest BCUT2D eigenvalue weighted by Crippen LogP contribution is -2.27. The van der Waals surface area contributed by atoms with E-state index < -0.39 is 0 Å². The fraction of sp³-hybridized carbons (Fsp3) is 0.500. The van der Waals surface area contributed by atoms with E-state index in [9.17, 15) is 4.79 Å². The van der Waals surface area contributed by atoms with Crippen LogP contribution in [0.1, 0.15) is 37.8 Å². The Morgan fingerprint density at radius 1 is 1.29 bits per heavy atom. The van der Waals surface area contributed by atoms with Crippen molar-refractivity contribution in [1.29, 1.82) is 0 Å². The average molecular weight is 252 g/mol. The SMILES string of the molecule is CC(=O)CC(c1ccc(Cl)cc1)N1CCCC1. The third-order valence-corrected chi connectivity index (χ3v) is 3.57. The summed E-state index contributed by atoms with van der Waals surface area (Å²) in [6, 6.07) is 8.11. The van der Waals surface area contributed by atoms with Crippen LogP contribution in [-0.4, -0.2) is 23.8 Å². The number of carbonyl (C=O) groups is 1. The standard InChI is InChI=1S/C14H18ClNO/c1-11(17)10-14(16-8-2-3-9-16)12-4-6-13(15)7-5-12/h4-7,14H,2-3,8-10H2,1H3. The number of benzene rings is 1. The third-order valence-electron chi connectivity index (χ3n) is 3.32. The number of rotatable bonds is 4. The molecule has 1 fully saturated rings. The number of ketones is 1. The van der Waals surface area contributed by atoms with Crippen LogP contribution in [-0.2, 0) is 4.79 Å². The van der Waals surface area contributed by atoms with Gasteiger partial charge in [-0.15, -0.1) is 0 Å². The Hall–Kier alpha value is -0.860. The molecule has 1 heterocycles. The molecule has 0 saturated carbocycles. The van der Waals surface area contributed by atoms with Crippen molar-refractivity contribution >= 4 is 17.4 Å². The van der Waals surface area contributed by atoms with E-state index in [1.54, 1.807) is 6.92 Å². The van der Waals surface area contributed by atoms with Gasteiger partial charge in [0.05, 0.1) is 0 Å². The van der Waals surface area contributed by atoms with Crippen LogP contribution in [0.5, 0.6) is 0 Å². The second kappa shape index (κ2) is 5.65. The molecule has 17 heavy (non-hydrogen) atoms. The topological polar surface area (TPSA) is 20.3 Å². The Kier molecular flexibility index (Phi) is 4.19. The molecule has 0 radical (unpaired) electrons. The zero-order valence-corrected chi connectivity index (χ0v) is 10.9. The van der Waals surface area contributed by atoms with E-state index >= 15 is 0 Å². The first-order chi connectivity index (χ1) is 8.16. The van der Waals surface area contributed by atoms with Gasteiger partial charge in [-0.25, -0.2) is 0 Å². The minimum atomic E-state index is 0.229. The number of halogens is 1. The van der Waals surface area contributed by atoms with Crippen molar-refractivity contribution in [3.63, 3.8) is 0 Å². The van der Waals surface area contributed by atoms with Crippen LogP contribution in [0.25, 0.3) is 0 Å². The van der Waals surface area contributed by atoms with Gasteiger partial charge in [0.2, 0.25) is 0 Å². The zero-order valence-electron chi connectivity index (χ0n) is 10.2. The van der Waals surface area contributed by atoms with Crippen LogP contribution in [0.15, 0.2) is 24.3 Å². The van der Waals surface area contributed by atoms with E-state index in [2.05, 4.69) is 4.90 Å². The van der Waals surface area contributed by atoms with Gasteiger partial charge >= 0.3 is 0 Å². The Bertz CT molecular complexity index is 382. The van der Waals surface area contributed by atoms with Crippen LogP contribution < -0.4 is 0 Å². The summed E-state index contributed by atoms with van der Waals surface area (Å²) in [6.07, 6.45) is 3.08. The number of carbonyl (C=O) groups excluding carboxylic acids is 1. The highest BCUT2D eigenvalue weighted by Crippen LogP contribution is 2.29. The minimum Gasteiger partial charge on any atom is -0.300 e. The number of nitrogens with zero attached hydrogens (tertiary/aromatic N) is 1. The van der Waals surface area contributed by atoms with Gasteiger partial charge in [-0.1, -0.05) is 23.7 Å². The van der Waals surface area contributed by atoms with E-state index in [1.165, 1.54) is 18.4 Å². The van der Waals surface area contributed by atoms with E-state index in [1.807, 2.05) is 24.3 Å². The van der Waals surface area contributed by atoms with Gasteiger partial charge < -0.3 is 0 Å². The van der Waals surface area contributed by atoms with Gasteiger partial charge in [0.25, 0.3) is 0 Å². The lowest BCUT2D eigenvalue weighted by atomic mass is 10.0. The van der Waals surface area contributed by atoms with Crippen molar-refractivity contribution in [1.82, 2.24) is 4.90 Å². The Labute approximate surface area is 108 Å².